The summed E-state index contributed by atoms with van der Waals surface area (Å²) in [5, 5.41) is 50.8. The number of alkyl halides is 3. The molecule has 8 aliphatic rings. The van der Waals surface area contributed by atoms with E-state index in [4.69, 9.17) is 154 Å². The van der Waals surface area contributed by atoms with E-state index in [0.717, 1.165) is 48.5 Å². The molecule has 2 fully saturated rings. The molecule has 2 saturated carbocycles. The van der Waals surface area contributed by atoms with Crippen molar-refractivity contribution in [2.45, 2.75) is 78.1 Å². The van der Waals surface area contributed by atoms with Gasteiger partial charge in [0.1, 0.15) is 63.8 Å². The van der Waals surface area contributed by atoms with Crippen LogP contribution in [0.2, 0.25) is 0 Å². The summed E-state index contributed by atoms with van der Waals surface area (Å²) in [7, 11) is 5.64. The molecule has 0 amide bonds. The molecule has 55 heteroatoms. The van der Waals surface area contributed by atoms with Crippen LogP contribution in [0.15, 0.2) is 121 Å². The summed E-state index contributed by atoms with van der Waals surface area (Å²) in [4.78, 5) is 68.1. The molecule has 0 spiro atoms. The van der Waals surface area contributed by atoms with Gasteiger partial charge in [-0.05, 0) is 73.5 Å². The number of hydrogen-bond acceptors (Lipinski definition) is 29. The average Bonchev–Trinajstić information content (AvgIpc) is 1.60. The van der Waals surface area contributed by atoms with E-state index in [1.807, 2.05) is 0 Å². The first kappa shape index (κ1) is 140. The van der Waals surface area contributed by atoms with Gasteiger partial charge in [0.2, 0.25) is 47.3 Å². The van der Waals surface area contributed by atoms with Crippen LogP contribution in [-0.4, -0.2) is 159 Å². The molecule has 0 unspecified atom stereocenters. The monoisotopic (exact) mass is 2580 g/mol. The van der Waals surface area contributed by atoms with Gasteiger partial charge in [-0.1, -0.05) is 38.2 Å². The fraction of sp³-hybridized carbons (Fsp3) is 0.258. The Balaban J connectivity index is -0.00000156. The number of rotatable bonds is 17. The minimum absolute atomic E-state index is 0. The topological polar surface area (TPSA) is 393 Å². The number of carbonyl (C=O) groups is 6. The first-order valence-electron chi connectivity index (χ1n) is 39.1. The number of carbonyl (C=O) groups excluding carboxylic acids is 6. The number of aliphatic hydroxyl groups is 1. The van der Waals surface area contributed by atoms with Gasteiger partial charge < -0.3 is 129 Å². The zero-order chi connectivity index (χ0) is 106. The van der Waals surface area contributed by atoms with Crippen molar-refractivity contribution in [3.05, 3.63) is 265 Å². The molecule has 10 aromatic rings. The van der Waals surface area contributed by atoms with Crippen molar-refractivity contribution in [3.63, 3.8) is 0 Å². The number of aldehydes is 5. The van der Waals surface area contributed by atoms with Crippen LogP contribution in [-0.2, 0) is 39.7 Å². The molecule has 0 aromatic heterocycles. The van der Waals surface area contributed by atoms with Crippen LogP contribution in [0.25, 0.3) is 9.69 Å². The smallest absolute Gasteiger partial charge is 1.00 e. The van der Waals surface area contributed by atoms with E-state index >= 15 is 0 Å². The number of fused-ring (bicyclic) bond motifs is 6. The number of nitrogens with zero attached hydrogens (tertiary/aromatic N) is 3. The van der Waals surface area contributed by atoms with Gasteiger partial charge in [0.05, 0.1) is 79.9 Å². The third kappa shape index (κ3) is 42.6. The minimum Gasteiger partial charge on any atom is -1.00 e. The Morgan fingerprint density at radius 3 is 0.919 bits per heavy atom. The quantitative estimate of drug-likeness (QED) is 0.0141. The summed E-state index contributed by atoms with van der Waals surface area (Å²) in [5.41, 5.74) is -0.266. The molecular weight excluding hydrogens is 2510 g/mol. The van der Waals surface area contributed by atoms with E-state index in [2.05, 4.69) is 120 Å². The Bertz CT molecular complexity index is 5940. The largest absolute Gasteiger partial charge is 1.00 e. The maximum absolute atomic E-state index is 13.8. The number of phenols is 4. The number of halogens is 19. The van der Waals surface area contributed by atoms with E-state index in [9.17, 15) is 72.7 Å². The second kappa shape index (κ2) is 71.6. The second-order valence-electron chi connectivity index (χ2n) is 27.1. The fourth-order valence-electron chi connectivity index (χ4n) is 11.3. The predicted molar refractivity (Wildman–Crippen MR) is 544 cm³/mol. The normalized spacial score (nSPS) is 12.1. The van der Waals surface area contributed by atoms with Crippen LogP contribution in [0.5, 0.6) is 115 Å². The maximum Gasteiger partial charge on any atom is 1.00 e. The fourth-order valence-corrected chi connectivity index (χ4v) is 11.5. The van der Waals surface area contributed by atoms with Crippen LogP contribution in [0, 0.1) is 83.2 Å². The van der Waals surface area contributed by atoms with Crippen molar-refractivity contribution in [2.75, 3.05) is 80.4 Å². The standard InChI is InChI=1S/C11H8FNO2.C11H9FO4.C9H6FNO2.2C9H9FO3.C8H6ClFO2.C8H7FO3.C8H5FO3.2C7H5FO3.C2H4BrCl.CN.3CH4.2BBr3.B.2Na.H/c1-13-11(2-3-11)7-4-9-10(5-8(7)12)15-6-14-9;12-8-4-10-9(14-6-15-10)3-7(8)11(1-2-11)16-5-13;1-11-4-6-2-8-9(3-7(6)10)13-5-12-8;2*1-12-8-3-6(5-11)7(10)4-9(8)13-2;9-3-5-1-7-8(2-6(5)10)12-4-11-7;2*9-6-2-8-7(11-4-12-8)1-5(6)3-10;2*8-5-2-7(11)6(10)1-4(5)3-9;3-1-2-4;1-2;;;;2*2-1(3)4;;;;/h4-5H,2-3,6H2;3-5H,1-2,6H2;2-3H,4-5H2;2*3-5H,1-2H3;1-2H,3-4H2;1-2,10H,3-4H2;1-3H,4H2;2*1-3,10-11H;1-2H2;;3*1H4;;;;;;/q;;;;;;;;;;;-1;;;;;;;2*+1;-1. The van der Waals surface area contributed by atoms with E-state index in [1.54, 1.807) is 18.2 Å². The molecular formula is C93H86B3Br7Cl2F10N3Na2O28. The predicted octanol–water partition coefficient (Wildman–Crippen LogP) is 17.9. The number of hydrogen-bond donors (Lipinski definition) is 5. The summed E-state index contributed by atoms with van der Waals surface area (Å²) < 4.78 is 216. The molecule has 148 heavy (non-hydrogen) atoms. The average molecular weight is 2590 g/mol. The second-order valence-corrected chi connectivity index (χ2v) is 41.4. The van der Waals surface area contributed by atoms with E-state index < -0.39 is 80.7 Å². The molecule has 0 atom stereocenters. The molecule has 2 aliphatic carbocycles. The Morgan fingerprint density at radius 1 is 0.385 bits per heavy atom. The molecule has 31 nitrogen and oxygen atoms in total. The van der Waals surface area contributed by atoms with E-state index in [0.29, 0.717) is 159 Å². The van der Waals surface area contributed by atoms with Gasteiger partial charge in [0, 0.05) is 110 Å². The van der Waals surface area contributed by atoms with Gasteiger partial charge in [-0.3, -0.25) is 28.8 Å². The summed E-state index contributed by atoms with van der Waals surface area (Å²) >= 11 is 32.4. The molecule has 6 aliphatic heterocycles. The zero-order valence-electron chi connectivity index (χ0n) is 77.0. The van der Waals surface area contributed by atoms with E-state index in [1.165, 1.54) is 89.1 Å². The number of phenolic OH excluding ortho intramolecular Hbond substituents is 4. The Kier molecular flexibility index (Phi) is 67.7. The van der Waals surface area contributed by atoms with Crippen LogP contribution < -0.4 is 135 Å². The number of ether oxygens (including phenoxy) is 17. The Hall–Kier alpha value is -10.1. The van der Waals surface area contributed by atoms with Gasteiger partial charge >= 0.3 is 65.5 Å². The Morgan fingerprint density at radius 2 is 0.628 bits per heavy atom. The SMILES string of the molecule is BrB(Br)Br.BrB(Br)Br.C.C.C.COc1cc(F)c(C=O)cc1OC.COc1cc(F)c(C=O)cc1OC.ClCCBr.Fc1cc2c(cc1CCl)OCO2.O=COC1(c2cc3c(cc2F)OCO3)CC1.O=Cc1cc(O)c(O)cc1F.O=Cc1cc(O)c(O)cc1F.O=Cc1cc2c(cc1F)OCO2.OCc1cc2c(cc1F)OCO2.[B].[C-]#N.[C-]#[N+]C1(c2cc3c(cc2F)OCO3)CC1.[C-]#[N+]Cc1cc2c(cc1F)OCO2.[H-].[Na+].[Na+]. The molecule has 0 bridgehead atoms. The summed E-state index contributed by atoms with van der Waals surface area (Å²) in [6.07, 6.45) is 4.56. The van der Waals surface area contributed by atoms with Gasteiger partial charge in [-0.25, -0.2) is 57.0 Å². The van der Waals surface area contributed by atoms with Crippen molar-refractivity contribution in [3.8, 4) is 115 Å². The minimum atomic E-state index is -0.852. The third-order valence-corrected chi connectivity index (χ3v) is 19.7. The van der Waals surface area contributed by atoms with Gasteiger partial charge in [-0.15, -0.1) is 118 Å². The van der Waals surface area contributed by atoms with Gasteiger partial charge in [-0.2, -0.15) is 0 Å². The third-order valence-electron chi connectivity index (χ3n) is 18.4. The molecule has 785 valence electrons. The van der Waals surface area contributed by atoms with E-state index in [-0.39, 0.29) is 226 Å². The van der Waals surface area contributed by atoms with Crippen molar-refractivity contribution >= 4 is 186 Å². The van der Waals surface area contributed by atoms with Crippen LogP contribution in [0.4, 0.5) is 43.9 Å². The molecule has 5 N–H and O–H groups in total. The molecule has 6 heterocycles. The summed E-state index contributed by atoms with van der Waals surface area (Å²) in [6.45, 7) is 19.2. The first-order chi connectivity index (χ1) is 67.9. The summed E-state index contributed by atoms with van der Waals surface area (Å²) in [6, 6.07) is 24.4. The zero-order valence-corrected chi connectivity index (χ0v) is 92.6. The summed E-state index contributed by atoms with van der Waals surface area (Å²) in [5.74, 6) is -0.230. The molecule has 18 rings (SSSR count). The van der Waals surface area contributed by atoms with Crippen molar-refractivity contribution < 1.29 is 239 Å². The van der Waals surface area contributed by atoms with Crippen LogP contribution in [0.3, 0.4) is 0 Å². The first-order valence-corrected chi connectivity index (χ1v) is 46.8. The van der Waals surface area contributed by atoms with Crippen molar-refractivity contribution in [2.24, 2.45) is 0 Å². The van der Waals surface area contributed by atoms with Crippen molar-refractivity contribution in [1.82, 2.24) is 0 Å². The van der Waals surface area contributed by atoms with Gasteiger partial charge in [0.15, 0.2) is 146 Å². The number of aromatic hydroxyl groups is 4. The van der Waals surface area contributed by atoms with Gasteiger partial charge in [0.25, 0.3) is 12.0 Å². The maximum atomic E-state index is 13.8. The molecule has 10 aromatic carbocycles. The number of methoxy groups -OCH3 is 4. The van der Waals surface area contributed by atoms with Crippen LogP contribution in [0.1, 0.15) is 129 Å². The Labute approximate surface area is 959 Å². The molecule has 3 radical (unpaired) electrons. The number of benzene rings is 10. The number of aliphatic hydroxyl groups excluding tert-OH is 1. The van der Waals surface area contributed by atoms with Crippen LogP contribution >= 0.6 is 134 Å². The van der Waals surface area contributed by atoms with Crippen molar-refractivity contribution in [1.29, 1.82) is 5.26 Å². The molecule has 0 saturated heterocycles.